The van der Waals surface area contributed by atoms with Crippen LogP contribution in [-0.4, -0.2) is 15.2 Å². The minimum absolute atomic E-state index is 0.234. The van der Waals surface area contributed by atoms with Gasteiger partial charge in [0.25, 0.3) is 0 Å². The lowest BCUT2D eigenvalue weighted by molar-refractivity contribution is 0.155. The molecule has 2 nitrogen and oxygen atoms in total. The third-order valence-electron chi connectivity index (χ3n) is 5.45. The van der Waals surface area contributed by atoms with Crippen molar-refractivity contribution in [3.63, 3.8) is 0 Å². The van der Waals surface area contributed by atoms with Gasteiger partial charge in [0, 0.05) is 28.2 Å². The molecule has 0 aromatic rings. The van der Waals surface area contributed by atoms with E-state index >= 15 is 0 Å². The summed E-state index contributed by atoms with van der Waals surface area (Å²) in [5.74, 6) is 1.31. The Balaban J connectivity index is 2.16. The highest BCUT2D eigenvalue weighted by Gasteiger charge is 2.62. The van der Waals surface area contributed by atoms with Gasteiger partial charge in [-0.2, -0.15) is 5.26 Å². The Morgan fingerprint density at radius 1 is 1.44 bits per heavy atom. The molecule has 2 aliphatic carbocycles. The summed E-state index contributed by atoms with van der Waals surface area (Å²) in [6.07, 6.45) is 4.06. The Labute approximate surface area is 101 Å². The predicted molar refractivity (Wildman–Crippen MR) is 66.3 cm³/mol. The maximum absolute atomic E-state index is 12.2. The van der Waals surface area contributed by atoms with Gasteiger partial charge in [0.05, 0.1) is 6.07 Å². The molecule has 0 radical (unpaired) electrons. The highest BCUT2D eigenvalue weighted by atomic mass is 32.2. The second kappa shape index (κ2) is 3.84. The van der Waals surface area contributed by atoms with E-state index in [1.807, 2.05) is 0 Å². The van der Waals surface area contributed by atoms with Gasteiger partial charge in [0.1, 0.15) is 0 Å². The molecule has 0 aromatic heterocycles. The number of hydrogen-bond donors (Lipinski definition) is 0. The van der Waals surface area contributed by atoms with Crippen LogP contribution in [0.15, 0.2) is 0 Å². The SMILES string of the molecule is CC1(C)[C@H]2CC[C@]1(C)[C@@H]([S@](=O)CCC#N)C2. The van der Waals surface area contributed by atoms with Crippen molar-refractivity contribution in [3.05, 3.63) is 0 Å². The first-order valence-corrected chi connectivity index (χ1v) is 7.56. The van der Waals surface area contributed by atoms with Gasteiger partial charge < -0.3 is 0 Å². The molecule has 0 N–H and O–H groups in total. The van der Waals surface area contributed by atoms with E-state index in [-0.39, 0.29) is 5.41 Å². The van der Waals surface area contributed by atoms with Crippen molar-refractivity contribution in [1.82, 2.24) is 0 Å². The molecule has 0 aromatic carbocycles. The first-order valence-electron chi connectivity index (χ1n) is 6.17. The number of rotatable bonds is 3. The van der Waals surface area contributed by atoms with E-state index in [1.54, 1.807) is 0 Å². The van der Waals surface area contributed by atoms with Gasteiger partial charge in [0.15, 0.2) is 0 Å². The smallest absolute Gasteiger partial charge is 0.0631 e. The number of hydrogen-bond acceptors (Lipinski definition) is 2. The van der Waals surface area contributed by atoms with Gasteiger partial charge in [-0.15, -0.1) is 0 Å². The second-order valence-electron chi connectivity index (χ2n) is 6.09. The zero-order valence-electron chi connectivity index (χ0n) is 10.5. The van der Waals surface area contributed by atoms with E-state index in [0.717, 1.165) is 12.3 Å². The minimum Gasteiger partial charge on any atom is -0.259 e. The predicted octanol–water partition coefficient (Wildman–Crippen LogP) is 2.86. The summed E-state index contributed by atoms with van der Waals surface area (Å²) >= 11 is 0. The van der Waals surface area contributed by atoms with E-state index in [0.29, 0.717) is 22.8 Å². The maximum atomic E-state index is 12.2. The van der Waals surface area contributed by atoms with Crippen LogP contribution in [0, 0.1) is 28.1 Å². The van der Waals surface area contributed by atoms with Crippen molar-refractivity contribution in [2.75, 3.05) is 5.75 Å². The fourth-order valence-corrected chi connectivity index (χ4v) is 5.84. The van der Waals surface area contributed by atoms with E-state index in [4.69, 9.17) is 5.26 Å². The highest BCUT2D eigenvalue weighted by molar-refractivity contribution is 7.85. The molecule has 0 aliphatic heterocycles. The molecule has 0 spiro atoms. The van der Waals surface area contributed by atoms with Crippen LogP contribution in [0.4, 0.5) is 0 Å². The van der Waals surface area contributed by atoms with E-state index in [2.05, 4.69) is 26.8 Å². The lowest BCUT2D eigenvalue weighted by atomic mass is 9.71. The summed E-state index contributed by atoms with van der Waals surface area (Å²) in [7, 11) is -0.803. The molecule has 2 saturated carbocycles. The van der Waals surface area contributed by atoms with Gasteiger partial charge in [-0.1, -0.05) is 20.8 Å². The Morgan fingerprint density at radius 3 is 2.56 bits per heavy atom. The molecule has 4 atom stereocenters. The topological polar surface area (TPSA) is 40.9 Å². The van der Waals surface area contributed by atoms with Gasteiger partial charge in [-0.25, -0.2) is 0 Å². The lowest BCUT2D eigenvalue weighted by Gasteiger charge is -2.38. The number of nitrogens with zero attached hydrogens (tertiary/aromatic N) is 1. The van der Waals surface area contributed by atoms with Crippen molar-refractivity contribution in [3.8, 4) is 6.07 Å². The average molecular weight is 239 g/mol. The summed E-state index contributed by atoms with van der Waals surface area (Å²) in [6.45, 7) is 6.99. The molecular weight excluding hydrogens is 218 g/mol. The summed E-state index contributed by atoms with van der Waals surface area (Å²) in [5.41, 5.74) is 0.567. The van der Waals surface area contributed by atoms with Crippen molar-refractivity contribution in [2.45, 2.75) is 51.7 Å². The van der Waals surface area contributed by atoms with Crippen LogP contribution in [0.1, 0.15) is 46.5 Å². The van der Waals surface area contributed by atoms with E-state index in [1.165, 1.54) is 12.8 Å². The molecule has 2 rings (SSSR count). The molecule has 0 saturated heterocycles. The molecule has 2 fully saturated rings. The third-order valence-corrected chi connectivity index (χ3v) is 7.40. The number of nitriles is 1. The van der Waals surface area contributed by atoms with Crippen LogP contribution >= 0.6 is 0 Å². The van der Waals surface area contributed by atoms with Crippen molar-refractivity contribution in [2.24, 2.45) is 16.7 Å². The standard InChI is InChI=1S/C13H21NOS/c1-12(2)10-5-6-13(12,3)11(9-10)16(15)8-4-7-14/h10-11H,4-6,8-9H2,1-3H3/t10-,11-,13+,16+/m0/s1. The van der Waals surface area contributed by atoms with E-state index < -0.39 is 10.8 Å². The van der Waals surface area contributed by atoms with Crippen LogP contribution in [0.5, 0.6) is 0 Å². The van der Waals surface area contributed by atoms with Gasteiger partial charge in [0.2, 0.25) is 0 Å². The molecule has 90 valence electrons. The fraction of sp³-hybridized carbons (Fsp3) is 0.923. The Hall–Kier alpha value is -0.360. The first-order chi connectivity index (χ1) is 7.43. The molecule has 0 amide bonds. The van der Waals surface area contributed by atoms with Gasteiger partial charge >= 0.3 is 0 Å². The summed E-state index contributed by atoms with van der Waals surface area (Å²) in [5, 5.41) is 8.90. The fourth-order valence-electron chi connectivity index (χ4n) is 3.82. The summed E-state index contributed by atoms with van der Waals surface area (Å²) < 4.78 is 12.2. The zero-order chi connectivity index (χ0) is 12.0. The molecule has 16 heavy (non-hydrogen) atoms. The van der Waals surface area contributed by atoms with Gasteiger partial charge in [-0.3, -0.25) is 4.21 Å². The first kappa shape index (κ1) is 12.1. The largest absolute Gasteiger partial charge is 0.259 e. The Bertz CT molecular complexity index is 357. The number of fused-ring (bicyclic) bond motifs is 2. The van der Waals surface area contributed by atoms with Gasteiger partial charge in [-0.05, 0) is 36.0 Å². The highest BCUT2D eigenvalue weighted by Crippen LogP contribution is 2.66. The maximum Gasteiger partial charge on any atom is 0.0631 e. The average Bonchev–Trinajstić information content (AvgIpc) is 2.57. The lowest BCUT2D eigenvalue weighted by Crippen LogP contribution is -2.38. The Morgan fingerprint density at radius 2 is 2.12 bits per heavy atom. The minimum atomic E-state index is -0.803. The summed E-state index contributed by atoms with van der Waals surface area (Å²) in [6, 6.07) is 2.11. The van der Waals surface area contributed by atoms with Crippen LogP contribution < -0.4 is 0 Å². The second-order valence-corrected chi connectivity index (χ2v) is 7.83. The molecule has 3 heteroatoms. The van der Waals surface area contributed by atoms with Crippen LogP contribution in [0.25, 0.3) is 0 Å². The zero-order valence-corrected chi connectivity index (χ0v) is 11.3. The third kappa shape index (κ3) is 1.46. The normalized spacial score (nSPS) is 41.9. The van der Waals surface area contributed by atoms with E-state index in [9.17, 15) is 4.21 Å². The van der Waals surface area contributed by atoms with Crippen molar-refractivity contribution < 1.29 is 4.21 Å². The van der Waals surface area contributed by atoms with Crippen molar-refractivity contribution in [1.29, 1.82) is 5.26 Å². The summed E-state index contributed by atoms with van der Waals surface area (Å²) in [4.78, 5) is 0. The van der Waals surface area contributed by atoms with Crippen LogP contribution in [0.2, 0.25) is 0 Å². The van der Waals surface area contributed by atoms with Crippen molar-refractivity contribution >= 4 is 10.8 Å². The van der Waals surface area contributed by atoms with Crippen LogP contribution in [-0.2, 0) is 10.8 Å². The quantitative estimate of drug-likeness (QED) is 0.760. The molecule has 2 aliphatic rings. The molecule has 2 bridgehead atoms. The van der Waals surface area contributed by atoms with Crippen LogP contribution in [0.3, 0.4) is 0 Å². The molecular formula is C13H21NOS. The molecule has 0 unspecified atom stereocenters. The monoisotopic (exact) mass is 239 g/mol. The molecule has 0 heterocycles. The Kier molecular flexibility index (Phi) is 2.90.